The van der Waals surface area contributed by atoms with E-state index < -0.39 is 0 Å². The smallest absolute Gasteiger partial charge is 0.220 e. The molecule has 0 aromatic heterocycles. The second-order valence-corrected chi connectivity index (χ2v) is 6.12. The third-order valence-corrected chi connectivity index (χ3v) is 3.58. The summed E-state index contributed by atoms with van der Waals surface area (Å²) in [5, 5.41) is 11.8. The van der Waals surface area contributed by atoms with E-state index in [1.165, 1.54) is 0 Å². The standard InChI is InChI=1S/C17H27NO3/c1-17(2,11-4-12-19)13-18-16(20)10-7-14-5-8-15(21-3)9-6-14/h5-6,8-9,19H,4,7,10-13H2,1-3H3,(H,18,20). The van der Waals surface area contributed by atoms with E-state index in [4.69, 9.17) is 9.84 Å². The molecule has 1 amide bonds. The highest BCUT2D eigenvalue weighted by Gasteiger charge is 2.18. The lowest BCUT2D eigenvalue weighted by atomic mass is 9.88. The molecule has 21 heavy (non-hydrogen) atoms. The van der Waals surface area contributed by atoms with Gasteiger partial charge in [0.2, 0.25) is 5.91 Å². The van der Waals surface area contributed by atoms with Crippen LogP contribution in [0.15, 0.2) is 24.3 Å². The van der Waals surface area contributed by atoms with Gasteiger partial charge in [0.1, 0.15) is 5.75 Å². The van der Waals surface area contributed by atoms with Gasteiger partial charge in [0.05, 0.1) is 7.11 Å². The molecule has 0 heterocycles. The fourth-order valence-electron chi connectivity index (χ4n) is 2.12. The van der Waals surface area contributed by atoms with Crippen molar-refractivity contribution in [3.05, 3.63) is 29.8 Å². The summed E-state index contributed by atoms with van der Waals surface area (Å²) in [4.78, 5) is 11.9. The molecule has 0 spiro atoms. The van der Waals surface area contributed by atoms with E-state index in [1.807, 2.05) is 24.3 Å². The molecule has 0 aliphatic heterocycles. The van der Waals surface area contributed by atoms with Gasteiger partial charge in [0.25, 0.3) is 0 Å². The number of hydrogen-bond donors (Lipinski definition) is 2. The van der Waals surface area contributed by atoms with Crippen LogP contribution in [-0.2, 0) is 11.2 Å². The Kier molecular flexibility index (Phi) is 7.23. The number of amides is 1. The molecule has 0 bridgehead atoms. The van der Waals surface area contributed by atoms with E-state index in [2.05, 4.69) is 19.2 Å². The van der Waals surface area contributed by atoms with Crippen LogP contribution in [0, 0.1) is 5.41 Å². The van der Waals surface area contributed by atoms with Gasteiger partial charge in [-0.1, -0.05) is 26.0 Å². The summed E-state index contributed by atoms with van der Waals surface area (Å²) < 4.78 is 5.11. The van der Waals surface area contributed by atoms with E-state index >= 15 is 0 Å². The van der Waals surface area contributed by atoms with Crippen molar-refractivity contribution in [2.75, 3.05) is 20.3 Å². The molecule has 0 radical (unpaired) electrons. The molecule has 0 saturated carbocycles. The van der Waals surface area contributed by atoms with Gasteiger partial charge in [-0.2, -0.15) is 0 Å². The van der Waals surface area contributed by atoms with Crippen molar-refractivity contribution >= 4 is 5.91 Å². The normalized spacial score (nSPS) is 11.2. The van der Waals surface area contributed by atoms with Crippen LogP contribution in [0.5, 0.6) is 5.75 Å². The minimum atomic E-state index is 0.0263. The van der Waals surface area contributed by atoms with E-state index in [1.54, 1.807) is 7.11 Å². The van der Waals surface area contributed by atoms with Crippen LogP contribution in [0.3, 0.4) is 0 Å². The third kappa shape index (κ3) is 7.14. The number of rotatable bonds is 9. The minimum absolute atomic E-state index is 0.0263. The topological polar surface area (TPSA) is 58.6 Å². The molecule has 0 aliphatic carbocycles. The van der Waals surface area contributed by atoms with Gasteiger partial charge in [-0.15, -0.1) is 0 Å². The maximum absolute atomic E-state index is 11.9. The lowest BCUT2D eigenvalue weighted by Gasteiger charge is -2.24. The summed E-state index contributed by atoms with van der Waals surface area (Å²) in [6, 6.07) is 7.78. The number of carbonyl (C=O) groups is 1. The molecule has 0 fully saturated rings. The maximum atomic E-state index is 11.9. The first-order valence-corrected chi connectivity index (χ1v) is 7.47. The summed E-state index contributed by atoms with van der Waals surface area (Å²) in [6.45, 7) is 5.06. The van der Waals surface area contributed by atoms with Gasteiger partial charge in [0, 0.05) is 19.6 Å². The summed E-state index contributed by atoms with van der Waals surface area (Å²) in [6.07, 6.45) is 2.90. The first kappa shape index (κ1) is 17.5. The SMILES string of the molecule is COc1ccc(CCC(=O)NCC(C)(C)CCCO)cc1. The van der Waals surface area contributed by atoms with Crippen LogP contribution in [-0.4, -0.2) is 31.3 Å². The Bertz CT molecular complexity index is 426. The average Bonchev–Trinajstić information content (AvgIpc) is 2.49. The number of aliphatic hydroxyl groups is 1. The highest BCUT2D eigenvalue weighted by Crippen LogP contribution is 2.20. The monoisotopic (exact) mass is 293 g/mol. The van der Waals surface area contributed by atoms with Crippen molar-refractivity contribution in [2.24, 2.45) is 5.41 Å². The number of aliphatic hydroxyl groups excluding tert-OH is 1. The molecule has 4 heteroatoms. The molecule has 118 valence electrons. The average molecular weight is 293 g/mol. The Hall–Kier alpha value is -1.55. The molecule has 1 aromatic carbocycles. The summed E-state index contributed by atoms with van der Waals surface area (Å²) in [5.41, 5.74) is 1.16. The Balaban J connectivity index is 2.30. The second kappa shape index (κ2) is 8.67. The Morgan fingerprint density at radius 1 is 1.29 bits per heavy atom. The van der Waals surface area contributed by atoms with Crippen molar-refractivity contribution in [1.29, 1.82) is 0 Å². The fraction of sp³-hybridized carbons (Fsp3) is 0.588. The molecule has 0 saturated heterocycles. The highest BCUT2D eigenvalue weighted by atomic mass is 16.5. The van der Waals surface area contributed by atoms with Crippen LogP contribution >= 0.6 is 0 Å². The summed E-state index contributed by atoms with van der Waals surface area (Å²) in [5.74, 6) is 0.900. The first-order valence-electron chi connectivity index (χ1n) is 7.47. The van der Waals surface area contributed by atoms with E-state index in [9.17, 15) is 4.79 Å². The predicted octanol–water partition coefficient (Wildman–Crippen LogP) is 2.54. The van der Waals surface area contributed by atoms with Crippen molar-refractivity contribution in [3.63, 3.8) is 0 Å². The zero-order chi connectivity index (χ0) is 15.7. The zero-order valence-corrected chi connectivity index (χ0v) is 13.3. The Labute approximate surface area is 127 Å². The van der Waals surface area contributed by atoms with Crippen LogP contribution in [0.1, 0.15) is 38.7 Å². The summed E-state index contributed by atoms with van der Waals surface area (Å²) in [7, 11) is 1.64. The molecule has 1 aromatic rings. The highest BCUT2D eigenvalue weighted by molar-refractivity contribution is 5.76. The fourth-order valence-corrected chi connectivity index (χ4v) is 2.12. The number of nitrogens with one attached hydrogen (secondary N) is 1. The molecule has 1 rings (SSSR count). The lowest BCUT2D eigenvalue weighted by Crippen LogP contribution is -2.34. The molecule has 0 aliphatic rings. The predicted molar refractivity (Wildman–Crippen MR) is 84.4 cm³/mol. The van der Waals surface area contributed by atoms with Gasteiger partial charge in [-0.3, -0.25) is 4.79 Å². The first-order chi connectivity index (χ1) is 9.96. The maximum Gasteiger partial charge on any atom is 0.220 e. The van der Waals surface area contributed by atoms with Crippen molar-refractivity contribution in [1.82, 2.24) is 5.32 Å². The minimum Gasteiger partial charge on any atom is -0.497 e. The van der Waals surface area contributed by atoms with Gasteiger partial charge < -0.3 is 15.2 Å². The van der Waals surface area contributed by atoms with Crippen molar-refractivity contribution in [3.8, 4) is 5.75 Å². The third-order valence-electron chi connectivity index (χ3n) is 3.58. The van der Waals surface area contributed by atoms with E-state index in [0.717, 1.165) is 30.6 Å². The van der Waals surface area contributed by atoms with E-state index in [-0.39, 0.29) is 17.9 Å². The van der Waals surface area contributed by atoms with Gasteiger partial charge in [-0.05, 0) is 42.4 Å². The molecular weight excluding hydrogens is 266 g/mol. The molecule has 2 N–H and O–H groups in total. The second-order valence-electron chi connectivity index (χ2n) is 6.12. The number of methoxy groups -OCH3 is 1. The summed E-state index contributed by atoms with van der Waals surface area (Å²) >= 11 is 0. The Morgan fingerprint density at radius 3 is 2.52 bits per heavy atom. The van der Waals surface area contributed by atoms with Gasteiger partial charge >= 0.3 is 0 Å². The quantitative estimate of drug-likeness (QED) is 0.735. The van der Waals surface area contributed by atoms with Crippen LogP contribution in [0.25, 0.3) is 0 Å². The van der Waals surface area contributed by atoms with Crippen molar-refractivity contribution in [2.45, 2.75) is 39.5 Å². The Morgan fingerprint density at radius 2 is 1.95 bits per heavy atom. The van der Waals surface area contributed by atoms with Crippen LogP contribution in [0.2, 0.25) is 0 Å². The largest absolute Gasteiger partial charge is 0.497 e. The molecule has 4 nitrogen and oxygen atoms in total. The molecule has 0 atom stereocenters. The number of hydrogen-bond acceptors (Lipinski definition) is 3. The van der Waals surface area contributed by atoms with E-state index in [0.29, 0.717) is 13.0 Å². The number of ether oxygens (including phenoxy) is 1. The molecule has 0 unspecified atom stereocenters. The van der Waals surface area contributed by atoms with Crippen LogP contribution < -0.4 is 10.1 Å². The lowest BCUT2D eigenvalue weighted by molar-refractivity contribution is -0.121. The zero-order valence-electron chi connectivity index (χ0n) is 13.3. The van der Waals surface area contributed by atoms with Crippen LogP contribution in [0.4, 0.5) is 0 Å². The number of aryl methyl sites for hydroxylation is 1. The van der Waals surface area contributed by atoms with Gasteiger partial charge in [0.15, 0.2) is 0 Å². The van der Waals surface area contributed by atoms with Crippen molar-refractivity contribution < 1.29 is 14.6 Å². The number of carbonyl (C=O) groups excluding carboxylic acids is 1. The van der Waals surface area contributed by atoms with Gasteiger partial charge in [-0.25, -0.2) is 0 Å². The molecular formula is C17H27NO3. The number of benzene rings is 1.